The fraction of sp³-hybridized carbons (Fsp3) is 0.444. The summed E-state index contributed by atoms with van der Waals surface area (Å²) in [5.41, 5.74) is 0.695. The van der Waals surface area contributed by atoms with Gasteiger partial charge >= 0.3 is 0 Å². The van der Waals surface area contributed by atoms with E-state index in [-0.39, 0.29) is 5.91 Å². The molecule has 0 aromatic carbocycles. The number of hydrogen-bond acceptors (Lipinski definition) is 3. The molecular formula is C9H11Br2NOS2. The van der Waals surface area contributed by atoms with Gasteiger partial charge in [0.1, 0.15) is 0 Å². The highest BCUT2D eigenvalue weighted by molar-refractivity contribution is 9.12. The van der Waals surface area contributed by atoms with Gasteiger partial charge in [-0.3, -0.25) is 4.79 Å². The molecule has 84 valence electrons. The van der Waals surface area contributed by atoms with Gasteiger partial charge in [0, 0.05) is 11.8 Å². The van der Waals surface area contributed by atoms with E-state index in [1.807, 2.05) is 12.3 Å². The van der Waals surface area contributed by atoms with Crippen LogP contribution in [0.15, 0.2) is 13.6 Å². The number of halogens is 2. The Hall–Kier alpha value is 0.480. The first kappa shape index (κ1) is 13.5. The van der Waals surface area contributed by atoms with E-state index in [0.717, 1.165) is 7.57 Å². The Morgan fingerprint density at radius 2 is 2.33 bits per heavy atom. The average molecular weight is 373 g/mol. The van der Waals surface area contributed by atoms with Gasteiger partial charge in [-0.2, -0.15) is 11.8 Å². The average Bonchev–Trinajstić information content (AvgIpc) is 2.53. The summed E-state index contributed by atoms with van der Waals surface area (Å²) in [6.45, 7) is 2.78. The monoisotopic (exact) mass is 371 g/mol. The molecular weight excluding hydrogens is 362 g/mol. The van der Waals surface area contributed by atoms with Gasteiger partial charge in [0.15, 0.2) is 0 Å². The minimum Gasteiger partial charge on any atom is -0.351 e. The van der Waals surface area contributed by atoms with Crippen LogP contribution in [0.2, 0.25) is 0 Å². The van der Waals surface area contributed by atoms with Crippen LogP contribution >= 0.6 is 55.0 Å². The summed E-state index contributed by atoms with van der Waals surface area (Å²) in [6, 6.07) is 1.83. The highest BCUT2D eigenvalue weighted by Gasteiger charge is 2.13. The zero-order chi connectivity index (χ0) is 11.4. The minimum atomic E-state index is -0.0234. The number of carbonyl (C=O) groups is 1. The van der Waals surface area contributed by atoms with Gasteiger partial charge in [-0.05, 0) is 44.2 Å². The van der Waals surface area contributed by atoms with E-state index in [4.69, 9.17) is 0 Å². The van der Waals surface area contributed by atoms with E-state index in [9.17, 15) is 4.79 Å². The van der Waals surface area contributed by atoms with Crippen LogP contribution in [0.1, 0.15) is 17.3 Å². The number of nitrogens with one attached hydrogen (secondary N) is 1. The zero-order valence-electron chi connectivity index (χ0n) is 8.34. The summed E-state index contributed by atoms with van der Waals surface area (Å²) in [6.07, 6.45) is 2.04. The van der Waals surface area contributed by atoms with Gasteiger partial charge < -0.3 is 5.32 Å². The number of carbonyl (C=O) groups excluding carboxylic acids is 1. The van der Waals surface area contributed by atoms with Crippen LogP contribution in [0.3, 0.4) is 0 Å². The van der Waals surface area contributed by atoms with E-state index in [1.165, 1.54) is 11.3 Å². The molecule has 0 bridgehead atoms. The number of amides is 1. The molecule has 0 spiro atoms. The van der Waals surface area contributed by atoms with Crippen molar-refractivity contribution in [1.82, 2.24) is 5.32 Å². The summed E-state index contributed by atoms with van der Waals surface area (Å²) >= 11 is 9.96. The number of rotatable bonds is 4. The predicted octanol–water partition coefficient (Wildman–Crippen LogP) is 3.75. The molecule has 1 rings (SSSR count). The zero-order valence-corrected chi connectivity index (χ0v) is 13.1. The number of thiophene rings is 1. The molecule has 0 aliphatic heterocycles. The molecule has 1 atom stereocenters. The van der Waals surface area contributed by atoms with Crippen LogP contribution in [0, 0.1) is 0 Å². The second-order valence-corrected chi connectivity index (χ2v) is 8.02. The molecule has 1 aromatic rings. The fourth-order valence-corrected chi connectivity index (χ4v) is 3.95. The van der Waals surface area contributed by atoms with Crippen molar-refractivity contribution in [2.75, 3.05) is 12.8 Å². The summed E-state index contributed by atoms with van der Waals surface area (Å²) in [7, 11) is 0. The van der Waals surface area contributed by atoms with Crippen molar-refractivity contribution in [3.8, 4) is 0 Å². The Morgan fingerprint density at radius 1 is 1.67 bits per heavy atom. The minimum absolute atomic E-state index is 0.0234. The van der Waals surface area contributed by atoms with Gasteiger partial charge in [-0.25, -0.2) is 0 Å². The van der Waals surface area contributed by atoms with Crippen molar-refractivity contribution < 1.29 is 4.79 Å². The molecule has 0 radical (unpaired) electrons. The maximum atomic E-state index is 11.7. The van der Waals surface area contributed by atoms with E-state index in [2.05, 4.69) is 44.1 Å². The third kappa shape index (κ3) is 4.09. The summed E-state index contributed by atoms with van der Waals surface area (Å²) in [5, 5.41) is 3.34. The second-order valence-electron chi connectivity index (χ2n) is 2.99. The maximum Gasteiger partial charge on any atom is 0.253 e. The first-order chi connectivity index (χ1) is 7.04. The SMILES string of the molecule is CSC(C)CNC(=O)c1cc(Br)sc1Br. The lowest BCUT2D eigenvalue weighted by atomic mass is 10.3. The van der Waals surface area contributed by atoms with Crippen molar-refractivity contribution in [2.24, 2.45) is 0 Å². The van der Waals surface area contributed by atoms with Crippen LogP contribution in [-0.4, -0.2) is 24.0 Å². The molecule has 1 N–H and O–H groups in total. The van der Waals surface area contributed by atoms with Crippen LogP contribution in [0.4, 0.5) is 0 Å². The van der Waals surface area contributed by atoms with Crippen molar-refractivity contribution in [3.63, 3.8) is 0 Å². The molecule has 0 fully saturated rings. The van der Waals surface area contributed by atoms with Gasteiger partial charge in [-0.1, -0.05) is 6.92 Å². The molecule has 15 heavy (non-hydrogen) atoms. The highest BCUT2D eigenvalue weighted by atomic mass is 79.9. The number of thioether (sulfide) groups is 1. The molecule has 0 saturated carbocycles. The van der Waals surface area contributed by atoms with Crippen LogP contribution < -0.4 is 5.32 Å². The fourth-order valence-electron chi connectivity index (χ4n) is 0.910. The van der Waals surface area contributed by atoms with Gasteiger partial charge in [-0.15, -0.1) is 11.3 Å². The predicted molar refractivity (Wildman–Crippen MR) is 75.0 cm³/mol. The normalized spacial score (nSPS) is 12.5. The molecule has 1 heterocycles. The smallest absolute Gasteiger partial charge is 0.253 e. The lowest BCUT2D eigenvalue weighted by Crippen LogP contribution is -2.29. The largest absolute Gasteiger partial charge is 0.351 e. The first-order valence-electron chi connectivity index (χ1n) is 4.30. The second kappa shape index (κ2) is 6.27. The summed E-state index contributed by atoms with van der Waals surface area (Å²) in [5.74, 6) is -0.0234. The topological polar surface area (TPSA) is 29.1 Å². The lowest BCUT2D eigenvalue weighted by Gasteiger charge is -2.09. The van der Waals surface area contributed by atoms with Crippen LogP contribution in [0.25, 0.3) is 0 Å². The van der Waals surface area contributed by atoms with Gasteiger partial charge in [0.25, 0.3) is 5.91 Å². The van der Waals surface area contributed by atoms with Crippen molar-refractivity contribution >= 4 is 60.9 Å². The molecule has 6 heteroatoms. The molecule has 0 aliphatic carbocycles. The third-order valence-corrected chi connectivity index (χ3v) is 5.16. The molecule has 0 saturated heterocycles. The van der Waals surface area contributed by atoms with Gasteiger partial charge in [0.2, 0.25) is 0 Å². The molecule has 1 amide bonds. The van der Waals surface area contributed by atoms with E-state index < -0.39 is 0 Å². The maximum absolute atomic E-state index is 11.7. The Bertz CT molecular complexity index is 354. The van der Waals surface area contributed by atoms with Crippen molar-refractivity contribution in [3.05, 3.63) is 19.2 Å². The Kier molecular flexibility index (Phi) is 5.66. The quantitative estimate of drug-likeness (QED) is 0.871. The summed E-state index contributed by atoms with van der Waals surface area (Å²) in [4.78, 5) is 11.7. The summed E-state index contributed by atoms with van der Waals surface area (Å²) < 4.78 is 1.82. The molecule has 1 unspecified atom stereocenters. The Morgan fingerprint density at radius 3 is 2.80 bits per heavy atom. The van der Waals surface area contributed by atoms with Crippen molar-refractivity contribution in [2.45, 2.75) is 12.2 Å². The van der Waals surface area contributed by atoms with Crippen LogP contribution in [0.5, 0.6) is 0 Å². The number of hydrogen-bond donors (Lipinski definition) is 1. The standard InChI is InChI=1S/C9H11Br2NOS2/c1-5(14-2)4-12-9(13)6-3-7(10)15-8(6)11/h3,5H,4H2,1-2H3,(H,12,13). The highest BCUT2D eigenvalue weighted by Crippen LogP contribution is 2.31. The van der Waals surface area contributed by atoms with E-state index in [0.29, 0.717) is 17.4 Å². The van der Waals surface area contributed by atoms with Crippen LogP contribution in [-0.2, 0) is 0 Å². The lowest BCUT2D eigenvalue weighted by molar-refractivity contribution is 0.0954. The Balaban J connectivity index is 2.58. The third-order valence-electron chi connectivity index (χ3n) is 1.85. The van der Waals surface area contributed by atoms with E-state index in [1.54, 1.807) is 11.8 Å². The van der Waals surface area contributed by atoms with E-state index >= 15 is 0 Å². The van der Waals surface area contributed by atoms with Crippen molar-refractivity contribution in [1.29, 1.82) is 0 Å². The first-order valence-corrected chi connectivity index (χ1v) is 7.99. The molecule has 2 nitrogen and oxygen atoms in total. The molecule has 0 aliphatic rings. The van der Waals surface area contributed by atoms with Gasteiger partial charge in [0.05, 0.1) is 13.1 Å². The molecule has 1 aromatic heterocycles. The Labute approximate surface area is 114 Å².